The highest BCUT2D eigenvalue weighted by Gasteiger charge is 2.26. The summed E-state index contributed by atoms with van der Waals surface area (Å²) in [4.78, 5) is 22.8. The molecule has 0 aliphatic heterocycles. The van der Waals surface area contributed by atoms with Crippen LogP contribution in [0.1, 0.15) is 38.2 Å². The number of carboxylic acids is 1. The van der Waals surface area contributed by atoms with E-state index in [4.69, 9.17) is 5.11 Å². The van der Waals surface area contributed by atoms with Gasteiger partial charge in [0.05, 0.1) is 5.92 Å². The summed E-state index contributed by atoms with van der Waals surface area (Å²) in [6.07, 6.45) is 3.59. The number of carboxylic acid groups (broad SMARTS) is 1. The maximum Gasteiger partial charge on any atom is 0.315 e. The molecule has 1 aromatic rings. The fourth-order valence-corrected chi connectivity index (χ4v) is 3.43. The first kappa shape index (κ1) is 15.8. The first-order valence-corrected chi connectivity index (χ1v) is 8.29. The minimum atomic E-state index is -0.720. The Morgan fingerprint density at radius 3 is 2.67 bits per heavy atom. The molecule has 1 heterocycles. The maximum atomic E-state index is 11.9. The first-order chi connectivity index (χ1) is 10.0. The predicted octanol–water partition coefficient (Wildman–Crippen LogP) is 2.62. The van der Waals surface area contributed by atoms with Gasteiger partial charge < -0.3 is 15.7 Å². The van der Waals surface area contributed by atoms with Crippen LogP contribution in [0.5, 0.6) is 0 Å². The molecule has 5 nitrogen and oxygen atoms in total. The second-order valence-corrected chi connectivity index (χ2v) is 6.52. The largest absolute Gasteiger partial charge is 0.481 e. The summed E-state index contributed by atoms with van der Waals surface area (Å²) >= 11 is 1.66. The average Bonchev–Trinajstić information content (AvgIpc) is 2.91. The Bertz CT molecular complexity index is 467. The number of aliphatic carboxylic acids is 1. The molecule has 2 amide bonds. The van der Waals surface area contributed by atoms with Crippen LogP contribution in [0.15, 0.2) is 16.8 Å². The molecule has 21 heavy (non-hydrogen) atoms. The van der Waals surface area contributed by atoms with Crippen LogP contribution in [0.2, 0.25) is 0 Å². The van der Waals surface area contributed by atoms with Gasteiger partial charge in [-0.1, -0.05) is 0 Å². The molecule has 2 rings (SSSR count). The fourth-order valence-electron chi connectivity index (χ4n) is 2.75. The molecule has 1 atom stereocenters. The Morgan fingerprint density at radius 2 is 2.10 bits per heavy atom. The van der Waals surface area contributed by atoms with Crippen molar-refractivity contribution in [3.8, 4) is 0 Å². The predicted molar refractivity (Wildman–Crippen MR) is 82.5 cm³/mol. The number of nitrogens with one attached hydrogen (secondary N) is 2. The van der Waals surface area contributed by atoms with Crippen molar-refractivity contribution in [2.45, 2.75) is 51.1 Å². The van der Waals surface area contributed by atoms with Gasteiger partial charge in [0.1, 0.15) is 0 Å². The number of carbonyl (C=O) groups excluding carboxylic acids is 1. The quantitative estimate of drug-likeness (QED) is 0.782. The molecule has 1 aliphatic rings. The highest BCUT2D eigenvalue weighted by molar-refractivity contribution is 7.07. The molecule has 1 fully saturated rings. The van der Waals surface area contributed by atoms with E-state index in [1.165, 1.54) is 5.56 Å². The molecule has 1 aliphatic carbocycles. The van der Waals surface area contributed by atoms with Crippen molar-refractivity contribution in [2.75, 3.05) is 0 Å². The Kier molecular flexibility index (Phi) is 5.61. The lowest BCUT2D eigenvalue weighted by Crippen LogP contribution is -2.47. The number of carbonyl (C=O) groups is 2. The smallest absolute Gasteiger partial charge is 0.315 e. The molecular weight excluding hydrogens is 288 g/mol. The van der Waals surface area contributed by atoms with Gasteiger partial charge in [-0.2, -0.15) is 11.3 Å². The Labute approximate surface area is 128 Å². The lowest BCUT2D eigenvalue weighted by Gasteiger charge is -2.27. The van der Waals surface area contributed by atoms with Gasteiger partial charge in [0, 0.05) is 12.1 Å². The van der Waals surface area contributed by atoms with Crippen molar-refractivity contribution >= 4 is 23.3 Å². The van der Waals surface area contributed by atoms with Gasteiger partial charge in [0.2, 0.25) is 0 Å². The molecule has 6 heteroatoms. The van der Waals surface area contributed by atoms with E-state index in [-0.39, 0.29) is 24.0 Å². The van der Waals surface area contributed by atoms with E-state index in [9.17, 15) is 9.59 Å². The van der Waals surface area contributed by atoms with Gasteiger partial charge in [0.25, 0.3) is 0 Å². The van der Waals surface area contributed by atoms with E-state index < -0.39 is 5.97 Å². The summed E-state index contributed by atoms with van der Waals surface area (Å²) in [5.41, 5.74) is 1.23. The van der Waals surface area contributed by atoms with Gasteiger partial charge in [-0.05, 0) is 61.4 Å². The zero-order chi connectivity index (χ0) is 15.2. The van der Waals surface area contributed by atoms with Crippen molar-refractivity contribution in [2.24, 2.45) is 5.92 Å². The van der Waals surface area contributed by atoms with Crippen molar-refractivity contribution < 1.29 is 14.7 Å². The van der Waals surface area contributed by atoms with Gasteiger partial charge in [-0.25, -0.2) is 4.79 Å². The summed E-state index contributed by atoms with van der Waals surface area (Å²) in [6, 6.07) is 2.08. The maximum absolute atomic E-state index is 11.9. The zero-order valence-electron chi connectivity index (χ0n) is 12.2. The lowest BCUT2D eigenvalue weighted by molar-refractivity contribution is -0.142. The topological polar surface area (TPSA) is 78.4 Å². The van der Waals surface area contributed by atoms with Crippen molar-refractivity contribution in [1.82, 2.24) is 10.6 Å². The average molecular weight is 310 g/mol. The number of urea groups is 1. The fraction of sp³-hybridized carbons (Fsp3) is 0.600. The van der Waals surface area contributed by atoms with Gasteiger partial charge in [-0.15, -0.1) is 0 Å². The molecule has 0 saturated heterocycles. The van der Waals surface area contributed by atoms with Crippen LogP contribution < -0.4 is 10.6 Å². The third-order valence-electron chi connectivity index (χ3n) is 3.91. The molecular formula is C15H22N2O3S. The number of thiophene rings is 1. The third-order valence-corrected chi connectivity index (χ3v) is 4.64. The molecule has 0 bridgehead atoms. The van der Waals surface area contributed by atoms with Gasteiger partial charge in [-0.3, -0.25) is 4.79 Å². The molecule has 3 N–H and O–H groups in total. The summed E-state index contributed by atoms with van der Waals surface area (Å²) in [6.45, 7) is 1.98. The van der Waals surface area contributed by atoms with Crippen LogP contribution in [0.25, 0.3) is 0 Å². The van der Waals surface area contributed by atoms with Crippen LogP contribution in [0.3, 0.4) is 0 Å². The number of amides is 2. The second kappa shape index (κ2) is 7.45. The lowest BCUT2D eigenvalue weighted by atomic mass is 9.86. The minimum absolute atomic E-state index is 0.0787. The zero-order valence-corrected chi connectivity index (χ0v) is 13.0. The molecule has 0 radical (unpaired) electrons. The number of rotatable bonds is 5. The highest BCUT2D eigenvalue weighted by Crippen LogP contribution is 2.24. The SMILES string of the molecule is CC(Cc1ccsc1)NC(=O)NC1CCC(C(=O)O)CC1. The number of hydrogen-bond acceptors (Lipinski definition) is 3. The van der Waals surface area contributed by atoms with Gasteiger partial charge >= 0.3 is 12.0 Å². The molecule has 0 spiro atoms. The minimum Gasteiger partial charge on any atom is -0.481 e. The summed E-state index contributed by atoms with van der Waals surface area (Å²) in [5.74, 6) is -0.967. The molecule has 1 unspecified atom stereocenters. The van der Waals surface area contributed by atoms with E-state index in [0.717, 1.165) is 19.3 Å². The van der Waals surface area contributed by atoms with Crippen molar-refractivity contribution in [3.63, 3.8) is 0 Å². The third kappa shape index (κ3) is 5.04. The van der Waals surface area contributed by atoms with E-state index in [1.54, 1.807) is 11.3 Å². The van der Waals surface area contributed by atoms with E-state index in [2.05, 4.69) is 22.1 Å². The van der Waals surface area contributed by atoms with Gasteiger partial charge in [0.15, 0.2) is 0 Å². The summed E-state index contributed by atoms with van der Waals surface area (Å²) in [5, 5.41) is 19.0. The van der Waals surface area contributed by atoms with Crippen LogP contribution >= 0.6 is 11.3 Å². The Morgan fingerprint density at radius 1 is 1.38 bits per heavy atom. The monoisotopic (exact) mass is 310 g/mol. The molecule has 0 aromatic carbocycles. The van der Waals surface area contributed by atoms with Crippen LogP contribution in [0.4, 0.5) is 4.79 Å². The van der Waals surface area contributed by atoms with Crippen molar-refractivity contribution in [1.29, 1.82) is 0 Å². The molecule has 1 saturated carbocycles. The van der Waals surface area contributed by atoms with Crippen molar-refractivity contribution in [3.05, 3.63) is 22.4 Å². The van der Waals surface area contributed by atoms with Crippen LogP contribution in [-0.2, 0) is 11.2 Å². The number of hydrogen-bond donors (Lipinski definition) is 3. The Balaban J connectivity index is 1.69. The normalized spacial score (nSPS) is 23.3. The van der Waals surface area contributed by atoms with E-state index >= 15 is 0 Å². The standard InChI is InChI=1S/C15H22N2O3S/c1-10(8-11-6-7-21-9-11)16-15(20)17-13-4-2-12(3-5-13)14(18)19/h6-7,9-10,12-13H,2-5,8H2,1H3,(H,18,19)(H2,16,17,20). The molecule has 1 aromatic heterocycles. The van der Waals surface area contributed by atoms with E-state index in [0.29, 0.717) is 12.8 Å². The van der Waals surface area contributed by atoms with E-state index in [1.807, 2.05) is 12.3 Å². The second-order valence-electron chi connectivity index (χ2n) is 5.74. The van der Waals surface area contributed by atoms with Crippen LogP contribution in [-0.4, -0.2) is 29.2 Å². The highest BCUT2D eigenvalue weighted by atomic mass is 32.1. The summed E-state index contributed by atoms with van der Waals surface area (Å²) in [7, 11) is 0. The Hall–Kier alpha value is -1.56. The van der Waals surface area contributed by atoms with Crippen LogP contribution in [0, 0.1) is 5.92 Å². The first-order valence-electron chi connectivity index (χ1n) is 7.35. The summed E-state index contributed by atoms with van der Waals surface area (Å²) < 4.78 is 0. The molecule has 116 valence electrons.